The number of amides is 1. The van der Waals surface area contributed by atoms with Crippen LogP contribution in [0.4, 0.5) is 0 Å². The van der Waals surface area contributed by atoms with Gasteiger partial charge in [0.05, 0.1) is 6.61 Å². The highest BCUT2D eigenvalue weighted by Crippen LogP contribution is 1.97. The molecule has 0 bridgehead atoms. The first kappa shape index (κ1) is 14.0. The minimum Gasteiger partial charge on any atom is -0.395 e. The van der Waals surface area contributed by atoms with E-state index in [0.717, 1.165) is 4.68 Å². The lowest BCUT2D eigenvalue weighted by molar-refractivity contribution is -0.132. The number of hydrogen-bond acceptors (Lipinski definition) is 4. The van der Waals surface area contributed by atoms with Crippen LogP contribution in [-0.2, 0) is 11.3 Å². The van der Waals surface area contributed by atoms with E-state index in [1.54, 1.807) is 30.5 Å². The van der Waals surface area contributed by atoms with Crippen molar-refractivity contribution in [3.8, 4) is 0 Å². The number of carbonyl (C=O) groups is 1. The summed E-state index contributed by atoms with van der Waals surface area (Å²) in [6, 6.07) is 5.18. The van der Waals surface area contributed by atoms with Crippen molar-refractivity contribution in [2.75, 3.05) is 19.7 Å². The van der Waals surface area contributed by atoms with E-state index in [4.69, 9.17) is 5.11 Å². The molecule has 1 amide bonds. The maximum absolute atomic E-state index is 12.1. The van der Waals surface area contributed by atoms with Gasteiger partial charge in [0.1, 0.15) is 6.54 Å². The molecule has 0 aliphatic heterocycles. The molecule has 0 aliphatic carbocycles. The highest BCUT2D eigenvalue weighted by Gasteiger charge is 2.15. The van der Waals surface area contributed by atoms with E-state index in [0.29, 0.717) is 12.2 Å². The van der Waals surface area contributed by atoms with Gasteiger partial charge in [-0.3, -0.25) is 9.20 Å². The second-order valence-corrected chi connectivity index (χ2v) is 4.22. The van der Waals surface area contributed by atoms with Crippen LogP contribution in [0.25, 0.3) is 5.65 Å². The van der Waals surface area contributed by atoms with Crippen LogP contribution in [0, 0.1) is 0 Å². The van der Waals surface area contributed by atoms with Crippen LogP contribution in [0.1, 0.15) is 0 Å². The number of aliphatic hydroxyl groups excluding tert-OH is 1. The lowest BCUT2D eigenvalue weighted by Crippen LogP contribution is -2.38. The monoisotopic (exact) mass is 276 g/mol. The molecule has 0 atom stereocenters. The number of aliphatic hydroxyl groups is 1. The van der Waals surface area contributed by atoms with Crippen molar-refractivity contribution in [2.24, 2.45) is 0 Å². The van der Waals surface area contributed by atoms with Crippen LogP contribution in [0.15, 0.2) is 41.8 Å². The van der Waals surface area contributed by atoms with Crippen molar-refractivity contribution in [1.82, 2.24) is 19.1 Å². The van der Waals surface area contributed by atoms with Gasteiger partial charge < -0.3 is 10.0 Å². The molecule has 20 heavy (non-hydrogen) atoms. The molecule has 0 saturated carbocycles. The van der Waals surface area contributed by atoms with Gasteiger partial charge in [-0.15, -0.1) is 11.7 Å². The van der Waals surface area contributed by atoms with Gasteiger partial charge in [-0.05, 0) is 12.1 Å². The molecule has 2 aromatic rings. The molecule has 2 heterocycles. The zero-order valence-corrected chi connectivity index (χ0v) is 11.0. The third kappa shape index (κ3) is 2.77. The van der Waals surface area contributed by atoms with Crippen molar-refractivity contribution in [2.45, 2.75) is 6.54 Å². The Morgan fingerprint density at radius 3 is 2.95 bits per heavy atom. The molecule has 0 radical (unpaired) electrons. The maximum atomic E-state index is 12.1. The lowest BCUT2D eigenvalue weighted by atomic mass is 10.4. The van der Waals surface area contributed by atoms with Gasteiger partial charge in [-0.1, -0.05) is 12.1 Å². The third-order valence-electron chi connectivity index (χ3n) is 2.85. The molecule has 0 aromatic carbocycles. The average Bonchev–Trinajstić information content (AvgIpc) is 2.76. The maximum Gasteiger partial charge on any atom is 0.350 e. The summed E-state index contributed by atoms with van der Waals surface area (Å²) in [5.74, 6) is -0.288. The molecule has 2 rings (SSSR count). The van der Waals surface area contributed by atoms with E-state index < -0.39 is 0 Å². The molecule has 2 aromatic heterocycles. The normalized spacial score (nSPS) is 10.7. The van der Waals surface area contributed by atoms with Crippen molar-refractivity contribution >= 4 is 11.6 Å². The number of pyridine rings is 1. The molecule has 0 spiro atoms. The molecule has 7 heteroatoms. The predicted octanol–water partition coefficient (Wildman–Crippen LogP) is -0.497. The van der Waals surface area contributed by atoms with Crippen molar-refractivity contribution in [3.63, 3.8) is 0 Å². The Balaban J connectivity index is 2.22. The number of nitrogens with zero attached hydrogens (tertiary/aromatic N) is 4. The fourth-order valence-electron chi connectivity index (χ4n) is 1.89. The van der Waals surface area contributed by atoms with Gasteiger partial charge in [0.25, 0.3) is 0 Å². The Morgan fingerprint density at radius 2 is 2.30 bits per heavy atom. The van der Waals surface area contributed by atoms with E-state index in [9.17, 15) is 9.59 Å². The van der Waals surface area contributed by atoms with E-state index >= 15 is 0 Å². The Bertz CT molecular complexity index is 674. The largest absolute Gasteiger partial charge is 0.395 e. The fraction of sp³-hybridized carbons (Fsp3) is 0.308. The molecular formula is C13H16N4O3. The topological polar surface area (TPSA) is 79.8 Å². The molecule has 7 nitrogen and oxygen atoms in total. The zero-order valence-electron chi connectivity index (χ0n) is 11.0. The van der Waals surface area contributed by atoms with Crippen LogP contribution in [-0.4, -0.2) is 49.8 Å². The molecule has 0 saturated heterocycles. The summed E-state index contributed by atoms with van der Waals surface area (Å²) in [5, 5.41) is 13.0. The first-order valence-corrected chi connectivity index (χ1v) is 6.21. The zero-order chi connectivity index (χ0) is 14.5. The Kier molecular flexibility index (Phi) is 4.31. The van der Waals surface area contributed by atoms with Gasteiger partial charge in [-0.25, -0.2) is 9.48 Å². The van der Waals surface area contributed by atoms with Gasteiger partial charge in [0.15, 0.2) is 5.65 Å². The number of fused-ring (bicyclic) bond motifs is 1. The summed E-state index contributed by atoms with van der Waals surface area (Å²) in [7, 11) is 0. The van der Waals surface area contributed by atoms with Crippen molar-refractivity contribution in [3.05, 3.63) is 47.5 Å². The Hall–Kier alpha value is -2.41. The Labute approximate surface area is 115 Å². The van der Waals surface area contributed by atoms with E-state index in [1.165, 1.54) is 9.30 Å². The lowest BCUT2D eigenvalue weighted by Gasteiger charge is -2.19. The van der Waals surface area contributed by atoms with Crippen LogP contribution in [0.3, 0.4) is 0 Å². The quantitative estimate of drug-likeness (QED) is 0.722. The van der Waals surface area contributed by atoms with E-state index in [-0.39, 0.29) is 31.3 Å². The highest BCUT2D eigenvalue weighted by atomic mass is 16.3. The number of aromatic nitrogens is 3. The average molecular weight is 276 g/mol. The summed E-state index contributed by atoms with van der Waals surface area (Å²) >= 11 is 0. The standard InChI is InChI=1S/C13H16N4O3/c1-2-6-15(8-9-18)12(19)10-17-13(20)16-7-4-3-5-11(16)14-17/h2-5,7,18H,1,6,8-10H2. The Morgan fingerprint density at radius 1 is 1.50 bits per heavy atom. The van der Waals surface area contributed by atoms with Crippen LogP contribution >= 0.6 is 0 Å². The molecule has 1 N–H and O–H groups in total. The van der Waals surface area contributed by atoms with Crippen LogP contribution < -0.4 is 5.69 Å². The van der Waals surface area contributed by atoms with Crippen LogP contribution in [0.2, 0.25) is 0 Å². The number of hydrogen-bond donors (Lipinski definition) is 1. The number of carbonyl (C=O) groups excluding carboxylic acids is 1. The molecular weight excluding hydrogens is 260 g/mol. The first-order chi connectivity index (χ1) is 9.67. The third-order valence-corrected chi connectivity index (χ3v) is 2.85. The van der Waals surface area contributed by atoms with Gasteiger partial charge in [0.2, 0.25) is 5.91 Å². The molecule has 106 valence electrons. The molecule has 0 fully saturated rings. The summed E-state index contributed by atoms with van der Waals surface area (Å²) < 4.78 is 2.49. The summed E-state index contributed by atoms with van der Waals surface area (Å²) in [4.78, 5) is 25.5. The SMILES string of the molecule is C=CCN(CCO)C(=O)Cn1nc2ccccn2c1=O. The van der Waals surface area contributed by atoms with Gasteiger partial charge in [0, 0.05) is 19.3 Å². The second kappa shape index (κ2) is 6.16. The van der Waals surface area contributed by atoms with Crippen molar-refractivity contribution in [1.29, 1.82) is 0 Å². The van der Waals surface area contributed by atoms with Gasteiger partial charge in [-0.2, -0.15) is 0 Å². The first-order valence-electron chi connectivity index (χ1n) is 6.21. The summed E-state index contributed by atoms with van der Waals surface area (Å²) in [6.45, 7) is 3.79. The number of rotatable bonds is 6. The minimum absolute atomic E-state index is 0.139. The molecule has 0 aliphatic rings. The van der Waals surface area contributed by atoms with E-state index in [1.807, 2.05) is 0 Å². The van der Waals surface area contributed by atoms with Crippen LogP contribution in [0.5, 0.6) is 0 Å². The smallest absolute Gasteiger partial charge is 0.350 e. The van der Waals surface area contributed by atoms with E-state index in [2.05, 4.69) is 11.7 Å². The summed E-state index contributed by atoms with van der Waals surface area (Å²) in [5.41, 5.74) is 0.124. The fourth-order valence-corrected chi connectivity index (χ4v) is 1.89. The predicted molar refractivity (Wildman–Crippen MR) is 73.3 cm³/mol. The van der Waals surface area contributed by atoms with Gasteiger partial charge >= 0.3 is 5.69 Å². The minimum atomic E-state index is -0.364. The second-order valence-electron chi connectivity index (χ2n) is 4.22. The molecule has 0 unspecified atom stereocenters. The van der Waals surface area contributed by atoms with Crippen molar-refractivity contribution < 1.29 is 9.90 Å². The summed E-state index contributed by atoms with van der Waals surface area (Å²) in [6.07, 6.45) is 3.17. The highest BCUT2D eigenvalue weighted by molar-refractivity contribution is 5.76.